The molecule has 0 spiro atoms. The Morgan fingerprint density at radius 3 is 1.95 bits per heavy atom. The third kappa shape index (κ3) is 7.90. The summed E-state index contributed by atoms with van der Waals surface area (Å²) in [6.45, 7) is 9.31. The minimum absolute atomic E-state index is 0.0890. The number of fused-ring (bicyclic) bond motifs is 3. The van der Waals surface area contributed by atoms with Gasteiger partial charge in [-0.3, -0.25) is 4.79 Å². The van der Waals surface area contributed by atoms with E-state index in [-0.39, 0.29) is 30.6 Å². The molecular formula is C34H40N2O6. The molecule has 222 valence electrons. The monoisotopic (exact) mass is 572 g/mol. The van der Waals surface area contributed by atoms with Gasteiger partial charge in [0, 0.05) is 12.3 Å². The van der Waals surface area contributed by atoms with E-state index in [9.17, 15) is 19.5 Å². The second-order valence-electron chi connectivity index (χ2n) is 12.1. The molecule has 0 bridgehead atoms. The predicted molar refractivity (Wildman–Crippen MR) is 161 cm³/mol. The SMILES string of the molecule is CC(C)CC(NC(=O)[C@H](Cc1ccc(O)cc1)NC(=O)OCC1c2ccccc2-c2ccccc21)C(=O)OC(C)(C)C. The number of hydrogen-bond acceptors (Lipinski definition) is 6. The Bertz CT molecular complexity index is 1360. The Labute approximate surface area is 247 Å². The molecule has 4 rings (SSSR count). The van der Waals surface area contributed by atoms with Crippen LogP contribution in [0.2, 0.25) is 0 Å². The van der Waals surface area contributed by atoms with E-state index in [1.807, 2.05) is 50.2 Å². The minimum atomic E-state index is -1.04. The summed E-state index contributed by atoms with van der Waals surface area (Å²) >= 11 is 0. The molecule has 2 amide bonds. The summed E-state index contributed by atoms with van der Waals surface area (Å²) in [7, 11) is 0. The Morgan fingerprint density at radius 1 is 0.833 bits per heavy atom. The van der Waals surface area contributed by atoms with Crippen molar-refractivity contribution >= 4 is 18.0 Å². The van der Waals surface area contributed by atoms with Gasteiger partial charge in [0.15, 0.2) is 0 Å². The summed E-state index contributed by atoms with van der Waals surface area (Å²) in [5, 5.41) is 15.2. The highest BCUT2D eigenvalue weighted by molar-refractivity contribution is 5.90. The van der Waals surface area contributed by atoms with Gasteiger partial charge in [-0.15, -0.1) is 0 Å². The first kappa shape index (κ1) is 30.6. The van der Waals surface area contributed by atoms with E-state index in [2.05, 4.69) is 22.8 Å². The maximum absolute atomic E-state index is 13.6. The topological polar surface area (TPSA) is 114 Å². The number of ether oxygens (including phenoxy) is 2. The smallest absolute Gasteiger partial charge is 0.407 e. The number of benzene rings is 3. The van der Waals surface area contributed by atoms with E-state index in [0.717, 1.165) is 22.3 Å². The second-order valence-corrected chi connectivity index (χ2v) is 12.1. The highest BCUT2D eigenvalue weighted by atomic mass is 16.6. The van der Waals surface area contributed by atoms with Gasteiger partial charge in [0.05, 0.1) is 0 Å². The average molecular weight is 573 g/mol. The average Bonchev–Trinajstić information content (AvgIpc) is 3.25. The Balaban J connectivity index is 1.49. The molecule has 2 atom stereocenters. The third-order valence-corrected chi connectivity index (χ3v) is 7.04. The van der Waals surface area contributed by atoms with Crippen LogP contribution in [-0.2, 0) is 25.5 Å². The zero-order valence-corrected chi connectivity index (χ0v) is 24.8. The van der Waals surface area contributed by atoms with Gasteiger partial charge < -0.3 is 25.2 Å². The van der Waals surface area contributed by atoms with Gasteiger partial charge in [0.1, 0.15) is 30.0 Å². The molecule has 1 aliphatic carbocycles. The van der Waals surface area contributed by atoms with E-state index in [1.54, 1.807) is 32.9 Å². The molecule has 0 radical (unpaired) electrons. The minimum Gasteiger partial charge on any atom is -0.508 e. The molecule has 0 aliphatic heterocycles. The summed E-state index contributed by atoms with van der Waals surface area (Å²) in [6, 6.07) is 20.6. The van der Waals surface area contributed by atoms with Gasteiger partial charge >= 0.3 is 12.1 Å². The van der Waals surface area contributed by atoms with Crippen molar-refractivity contribution in [3.8, 4) is 16.9 Å². The first-order chi connectivity index (χ1) is 19.9. The lowest BCUT2D eigenvalue weighted by molar-refractivity contribution is -0.159. The van der Waals surface area contributed by atoms with Crippen molar-refractivity contribution in [3.63, 3.8) is 0 Å². The van der Waals surface area contributed by atoms with E-state index in [1.165, 1.54) is 12.1 Å². The predicted octanol–water partition coefficient (Wildman–Crippen LogP) is 5.71. The lowest BCUT2D eigenvalue weighted by Gasteiger charge is -2.27. The van der Waals surface area contributed by atoms with Gasteiger partial charge in [-0.2, -0.15) is 0 Å². The maximum atomic E-state index is 13.6. The van der Waals surface area contributed by atoms with Crippen LogP contribution < -0.4 is 10.6 Å². The highest BCUT2D eigenvalue weighted by Crippen LogP contribution is 2.44. The molecule has 0 saturated heterocycles. The van der Waals surface area contributed by atoms with Crippen LogP contribution in [0.25, 0.3) is 11.1 Å². The highest BCUT2D eigenvalue weighted by Gasteiger charge is 2.32. The zero-order chi connectivity index (χ0) is 30.4. The Hall–Kier alpha value is -4.33. The summed E-state index contributed by atoms with van der Waals surface area (Å²) in [5.74, 6) is -1.00. The maximum Gasteiger partial charge on any atom is 0.407 e. The molecule has 42 heavy (non-hydrogen) atoms. The summed E-state index contributed by atoms with van der Waals surface area (Å²) in [6.07, 6.45) is -0.246. The number of nitrogens with one attached hydrogen (secondary N) is 2. The fourth-order valence-electron chi connectivity index (χ4n) is 5.19. The van der Waals surface area contributed by atoms with Crippen LogP contribution in [0.4, 0.5) is 4.79 Å². The summed E-state index contributed by atoms with van der Waals surface area (Å²) in [5.41, 5.74) is 4.39. The number of carbonyl (C=O) groups is 3. The van der Waals surface area contributed by atoms with E-state index >= 15 is 0 Å². The van der Waals surface area contributed by atoms with Gasteiger partial charge in [-0.05, 0) is 73.1 Å². The number of rotatable bonds is 10. The van der Waals surface area contributed by atoms with Crippen LogP contribution in [-0.4, -0.2) is 47.4 Å². The first-order valence-corrected chi connectivity index (χ1v) is 14.3. The fourth-order valence-corrected chi connectivity index (χ4v) is 5.19. The summed E-state index contributed by atoms with van der Waals surface area (Å²) in [4.78, 5) is 39.6. The van der Waals surface area contributed by atoms with Crippen molar-refractivity contribution in [3.05, 3.63) is 89.5 Å². The van der Waals surface area contributed by atoms with Crippen LogP contribution >= 0.6 is 0 Å². The second kappa shape index (κ2) is 13.1. The molecule has 3 aromatic carbocycles. The quantitative estimate of drug-likeness (QED) is 0.268. The lowest BCUT2D eigenvalue weighted by Crippen LogP contribution is -2.53. The van der Waals surface area contributed by atoms with Crippen molar-refractivity contribution in [2.45, 2.75) is 71.1 Å². The molecule has 8 nitrogen and oxygen atoms in total. The molecule has 0 heterocycles. The molecule has 3 N–H and O–H groups in total. The molecular weight excluding hydrogens is 532 g/mol. The van der Waals surface area contributed by atoms with Crippen molar-refractivity contribution in [2.24, 2.45) is 5.92 Å². The van der Waals surface area contributed by atoms with Gasteiger partial charge in [0.2, 0.25) is 5.91 Å². The van der Waals surface area contributed by atoms with Gasteiger partial charge in [-0.25, -0.2) is 9.59 Å². The van der Waals surface area contributed by atoms with Gasteiger partial charge in [-0.1, -0.05) is 74.5 Å². The van der Waals surface area contributed by atoms with Crippen molar-refractivity contribution in [1.29, 1.82) is 0 Å². The largest absolute Gasteiger partial charge is 0.508 e. The molecule has 1 unspecified atom stereocenters. The number of aromatic hydroxyl groups is 1. The molecule has 3 aromatic rings. The molecule has 8 heteroatoms. The Morgan fingerprint density at radius 2 is 1.40 bits per heavy atom. The van der Waals surface area contributed by atoms with Crippen LogP contribution in [0.15, 0.2) is 72.8 Å². The number of phenols is 1. The lowest BCUT2D eigenvalue weighted by atomic mass is 9.98. The number of hydrogen-bond donors (Lipinski definition) is 3. The number of esters is 1. The van der Waals surface area contributed by atoms with Crippen LogP contribution in [0.3, 0.4) is 0 Å². The van der Waals surface area contributed by atoms with Crippen molar-refractivity contribution < 1.29 is 29.0 Å². The van der Waals surface area contributed by atoms with Crippen LogP contribution in [0.5, 0.6) is 5.75 Å². The first-order valence-electron chi connectivity index (χ1n) is 14.3. The van der Waals surface area contributed by atoms with E-state index in [4.69, 9.17) is 9.47 Å². The fraction of sp³-hybridized carbons (Fsp3) is 0.382. The number of amides is 2. The number of alkyl carbamates (subject to hydrolysis) is 1. The standard InChI is InChI=1S/C34H40N2O6/c1-21(2)18-30(32(39)42-34(3,4)5)35-31(38)29(19-22-14-16-23(37)17-15-22)36-33(40)41-20-28-26-12-8-6-10-24(26)25-11-7-9-13-27(25)28/h6-17,21,28-30,37H,18-20H2,1-5H3,(H,35,38)(H,36,40)/t29-,30?/m0/s1. The van der Waals surface area contributed by atoms with Gasteiger partial charge in [0.25, 0.3) is 0 Å². The molecule has 0 saturated carbocycles. The molecule has 0 fully saturated rings. The molecule has 0 aromatic heterocycles. The van der Waals surface area contributed by atoms with Crippen molar-refractivity contribution in [2.75, 3.05) is 6.61 Å². The zero-order valence-electron chi connectivity index (χ0n) is 24.8. The van der Waals surface area contributed by atoms with Crippen LogP contribution in [0.1, 0.15) is 63.6 Å². The number of phenolic OH excluding ortho intramolecular Hbond substituents is 1. The molecule has 1 aliphatic rings. The van der Waals surface area contributed by atoms with Crippen LogP contribution in [0, 0.1) is 5.92 Å². The summed E-state index contributed by atoms with van der Waals surface area (Å²) < 4.78 is 11.3. The van der Waals surface area contributed by atoms with E-state index < -0.39 is 35.7 Å². The van der Waals surface area contributed by atoms with E-state index in [0.29, 0.717) is 12.0 Å². The van der Waals surface area contributed by atoms with Crippen molar-refractivity contribution in [1.82, 2.24) is 10.6 Å². The normalized spacial score (nSPS) is 14.0. The Kier molecular flexibility index (Phi) is 9.55. The third-order valence-electron chi connectivity index (χ3n) is 7.04. The number of carbonyl (C=O) groups excluding carboxylic acids is 3.